The van der Waals surface area contributed by atoms with Gasteiger partial charge < -0.3 is 0 Å². The molecular formula is C12H8F3NO. The fraction of sp³-hybridized carbons (Fsp3) is 0.167. The lowest BCUT2D eigenvalue weighted by Crippen LogP contribution is -2.15. The Hall–Kier alpha value is -1.91. The lowest BCUT2D eigenvalue weighted by molar-refractivity contribution is -0.125. The molecule has 1 aromatic heterocycles. The molecule has 0 aliphatic heterocycles. The van der Waals surface area contributed by atoms with Gasteiger partial charge in [0.15, 0.2) is 5.78 Å². The van der Waals surface area contributed by atoms with Crippen molar-refractivity contribution in [2.75, 3.05) is 0 Å². The molecule has 5 heteroatoms. The van der Waals surface area contributed by atoms with Gasteiger partial charge in [-0.15, -0.1) is 0 Å². The van der Waals surface area contributed by atoms with Gasteiger partial charge in [0.25, 0.3) is 0 Å². The zero-order valence-electron chi connectivity index (χ0n) is 8.66. The number of ketones is 1. The second-order valence-corrected chi connectivity index (χ2v) is 3.62. The molecule has 1 heterocycles. The van der Waals surface area contributed by atoms with Crippen LogP contribution in [-0.2, 0) is 0 Å². The maximum atomic E-state index is 12.2. The van der Waals surface area contributed by atoms with Crippen molar-refractivity contribution in [3.8, 4) is 0 Å². The van der Waals surface area contributed by atoms with E-state index in [-0.39, 0.29) is 5.56 Å². The second kappa shape index (κ2) is 4.16. The van der Waals surface area contributed by atoms with E-state index < -0.39 is 18.4 Å². The summed E-state index contributed by atoms with van der Waals surface area (Å²) in [5.41, 5.74) is 0.0629. The number of halogens is 3. The first-order valence-electron chi connectivity index (χ1n) is 4.90. The summed E-state index contributed by atoms with van der Waals surface area (Å²) in [6.45, 7) is 0. The van der Waals surface area contributed by atoms with Gasteiger partial charge in [-0.2, -0.15) is 13.2 Å². The third kappa shape index (κ3) is 2.61. The van der Waals surface area contributed by atoms with Crippen LogP contribution in [0.5, 0.6) is 0 Å². The number of nitrogens with zero attached hydrogens (tertiary/aromatic N) is 1. The Labute approximate surface area is 95.1 Å². The molecule has 88 valence electrons. The summed E-state index contributed by atoms with van der Waals surface area (Å²) in [5, 5.41) is 1.15. The van der Waals surface area contributed by atoms with E-state index in [0.29, 0.717) is 10.8 Å². The Morgan fingerprint density at radius 3 is 2.71 bits per heavy atom. The molecule has 0 bridgehead atoms. The smallest absolute Gasteiger partial charge is 0.294 e. The number of rotatable bonds is 2. The molecule has 0 saturated carbocycles. The minimum Gasteiger partial charge on any atom is -0.294 e. The first kappa shape index (κ1) is 11.6. The van der Waals surface area contributed by atoms with Gasteiger partial charge in [0, 0.05) is 23.3 Å². The van der Waals surface area contributed by atoms with E-state index in [0.717, 1.165) is 0 Å². The molecule has 17 heavy (non-hydrogen) atoms. The molecule has 0 aliphatic rings. The van der Waals surface area contributed by atoms with Crippen LogP contribution in [0.25, 0.3) is 10.8 Å². The predicted molar refractivity (Wildman–Crippen MR) is 56.7 cm³/mol. The Morgan fingerprint density at radius 1 is 1.24 bits per heavy atom. The van der Waals surface area contributed by atoms with Crippen molar-refractivity contribution in [1.82, 2.24) is 4.98 Å². The van der Waals surface area contributed by atoms with Crippen LogP contribution in [0, 0.1) is 0 Å². The van der Waals surface area contributed by atoms with E-state index in [9.17, 15) is 18.0 Å². The van der Waals surface area contributed by atoms with Gasteiger partial charge in [-0.1, -0.05) is 18.2 Å². The van der Waals surface area contributed by atoms with E-state index in [1.807, 2.05) is 0 Å². The van der Waals surface area contributed by atoms with Crippen molar-refractivity contribution in [2.45, 2.75) is 12.6 Å². The minimum atomic E-state index is -4.48. The summed E-state index contributed by atoms with van der Waals surface area (Å²) in [4.78, 5) is 15.3. The number of fused-ring (bicyclic) bond motifs is 1. The van der Waals surface area contributed by atoms with Crippen LogP contribution in [-0.4, -0.2) is 16.9 Å². The molecular weight excluding hydrogens is 231 g/mol. The maximum absolute atomic E-state index is 12.2. The van der Waals surface area contributed by atoms with Crippen LogP contribution in [0.3, 0.4) is 0 Å². The fourth-order valence-corrected chi connectivity index (χ4v) is 1.63. The van der Waals surface area contributed by atoms with Crippen molar-refractivity contribution in [1.29, 1.82) is 0 Å². The summed E-state index contributed by atoms with van der Waals surface area (Å²) < 4.78 is 36.5. The van der Waals surface area contributed by atoms with Gasteiger partial charge in [0.1, 0.15) is 6.42 Å². The lowest BCUT2D eigenvalue weighted by Gasteiger charge is -2.07. The van der Waals surface area contributed by atoms with E-state index in [1.54, 1.807) is 18.2 Å². The van der Waals surface area contributed by atoms with Crippen molar-refractivity contribution < 1.29 is 18.0 Å². The van der Waals surface area contributed by atoms with Crippen LogP contribution in [0.2, 0.25) is 0 Å². The Balaban J connectivity index is 2.45. The highest BCUT2D eigenvalue weighted by molar-refractivity contribution is 6.08. The largest absolute Gasteiger partial charge is 0.396 e. The third-order valence-corrected chi connectivity index (χ3v) is 2.35. The van der Waals surface area contributed by atoms with Crippen molar-refractivity contribution in [3.63, 3.8) is 0 Å². The van der Waals surface area contributed by atoms with Crippen LogP contribution < -0.4 is 0 Å². The van der Waals surface area contributed by atoms with Crippen molar-refractivity contribution >= 4 is 16.6 Å². The standard InChI is InChI=1S/C12H8F3NO/c13-12(14,15)6-11(17)9-3-1-2-8-4-5-16-7-10(8)9/h1-5,7H,6H2. The summed E-state index contributed by atoms with van der Waals surface area (Å²) in [5.74, 6) is -0.934. The van der Waals surface area contributed by atoms with E-state index in [1.165, 1.54) is 18.5 Å². The molecule has 0 N–H and O–H groups in total. The maximum Gasteiger partial charge on any atom is 0.396 e. The lowest BCUT2D eigenvalue weighted by atomic mass is 10.0. The number of hydrogen-bond donors (Lipinski definition) is 0. The number of carbonyl (C=O) groups is 1. The molecule has 2 nitrogen and oxygen atoms in total. The van der Waals surface area contributed by atoms with Crippen LogP contribution >= 0.6 is 0 Å². The summed E-state index contributed by atoms with van der Waals surface area (Å²) in [6, 6.07) is 6.32. The zero-order chi connectivity index (χ0) is 12.5. The number of carbonyl (C=O) groups excluding carboxylic acids is 1. The topological polar surface area (TPSA) is 30.0 Å². The van der Waals surface area contributed by atoms with E-state index >= 15 is 0 Å². The first-order valence-corrected chi connectivity index (χ1v) is 4.90. The van der Waals surface area contributed by atoms with E-state index in [4.69, 9.17) is 0 Å². The molecule has 2 rings (SSSR count). The SMILES string of the molecule is O=C(CC(F)(F)F)c1cccc2ccncc12. The molecule has 0 fully saturated rings. The van der Waals surface area contributed by atoms with Gasteiger partial charge in [-0.05, 0) is 11.5 Å². The molecule has 0 radical (unpaired) electrons. The Kier molecular flexibility index (Phi) is 2.83. The molecule has 0 atom stereocenters. The van der Waals surface area contributed by atoms with Crippen molar-refractivity contribution in [3.05, 3.63) is 42.2 Å². The van der Waals surface area contributed by atoms with Gasteiger partial charge in [-0.25, -0.2) is 0 Å². The average molecular weight is 239 g/mol. The Bertz CT molecular complexity index is 558. The molecule has 0 aliphatic carbocycles. The minimum absolute atomic E-state index is 0.0629. The monoisotopic (exact) mass is 239 g/mol. The molecule has 0 amide bonds. The molecule has 1 aromatic carbocycles. The zero-order valence-corrected chi connectivity index (χ0v) is 8.66. The Morgan fingerprint density at radius 2 is 2.00 bits per heavy atom. The number of benzene rings is 1. The summed E-state index contributed by atoms with van der Waals surface area (Å²) >= 11 is 0. The molecule has 0 spiro atoms. The normalized spacial score (nSPS) is 11.7. The predicted octanol–water partition coefficient (Wildman–Crippen LogP) is 3.37. The van der Waals surface area contributed by atoms with Crippen LogP contribution in [0.4, 0.5) is 13.2 Å². The number of hydrogen-bond acceptors (Lipinski definition) is 2. The molecule has 0 saturated heterocycles. The third-order valence-electron chi connectivity index (χ3n) is 2.35. The first-order chi connectivity index (χ1) is 7.97. The fourth-order valence-electron chi connectivity index (χ4n) is 1.63. The van der Waals surface area contributed by atoms with Crippen LogP contribution in [0.15, 0.2) is 36.7 Å². The van der Waals surface area contributed by atoms with Gasteiger partial charge >= 0.3 is 6.18 Å². The van der Waals surface area contributed by atoms with Gasteiger partial charge in [0.05, 0.1) is 0 Å². The average Bonchev–Trinajstić information content (AvgIpc) is 2.26. The van der Waals surface area contributed by atoms with E-state index in [2.05, 4.69) is 4.98 Å². The summed E-state index contributed by atoms with van der Waals surface area (Å²) in [6.07, 6.45) is -3.00. The number of Topliss-reactive ketones (excluding diaryl/α,β-unsaturated/α-hetero) is 1. The highest BCUT2D eigenvalue weighted by Gasteiger charge is 2.32. The second-order valence-electron chi connectivity index (χ2n) is 3.62. The molecule has 2 aromatic rings. The molecule has 0 unspecified atom stereocenters. The summed E-state index contributed by atoms with van der Waals surface area (Å²) in [7, 11) is 0. The van der Waals surface area contributed by atoms with Crippen molar-refractivity contribution in [2.24, 2.45) is 0 Å². The number of pyridine rings is 1. The van der Waals surface area contributed by atoms with Gasteiger partial charge in [-0.3, -0.25) is 9.78 Å². The van der Waals surface area contributed by atoms with Gasteiger partial charge in [0.2, 0.25) is 0 Å². The number of aromatic nitrogens is 1. The highest BCUT2D eigenvalue weighted by atomic mass is 19.4. The number of alkyl halides is 3. The highest BCUT2D eigenvalue weighted by Crippen LogP contribution is 2.25. The van der Waals surface area contributed by atoms with Crippen LogP contribution in [0.1, 0.15) is 16.8 Å². The quantitative estimate of drug-likeness (QED) is 0.752.